The summed E-state index contributed by atoms with van der Waals surface area (Å²) in [5.41, 5.74) is 3.45. The molecule has 0 aliphatic rings. The first kappa shape index (κ1) is 14.5. The summed E-state index contributed by atoms with van der Waals surface area (Å²) >= 11 is 7.57. The van der Waals surface area contributed by atoms with Crippen LogP contribution in [0.15, 0.2) is 17.4 Å². The van der Waals surface area contributed by atoms with Crippen molar-refractivity contribution in [2.45, 2.75) is 43.6 Å². The summed E-state index contributed by atoms with van der Waals surface area (Å²) in [6.07, 6.45) is 2.81. The number of aromatic nitrogens is 4. The van der Waals surface area contributed by atoms with Crippen LogP contribution in [0.2, 0.25) is 0 Å². The average Bonchev–Trinajstić information content (AvgIpc) is 2.99. The predicted molar refractivity (Wildman–Crippen MR) is 79.6 cm³/mol. The van der Waals surface area contributed by atoms with E-state index in [0.29, 0.717) is 5.88 Å². The molecule has 0 spiro atoms. The van der Waals surface area contributed by atoms with Crippen LogP contribution in [0.1, 0.15) is 30.9 Å². The van der Waals surface area contributed by atoms with Gasteiger partial charge in [0, 0.05) is 25.0 Å². The monoisotopic (exact) mass is 298 g/mol. The lowest BCUT2D eigenvalue weighted by Gasteiger charge is -2.05. The number of halogens is 1. The first-order chi connectivity index (χ1) is 9.19. The Kier molecular flexibility index (Phi) is 4.93. The van der Waals surface area contributed by atoms with Crippen LogP contribution >= 0.6 is 23.4 Å². The van der Waals surface area contributed by atoms with Gasteiger partial charge in [0.15, 0.2) is 5.16 Å². The molecule has 0 fully saturated rings. The van der Waals surface area contributed by atoms with Crippen LogP contribution < -0.4 is 0 Å². The quantitative estimate of drug-likeness (QED) is 0.607. The van der Waals surface area contributed by atoms with Crippen molar-refractivity contribution >= 4 is 23.4 Å². The fourth-order valence-electron chi connectivity index (χ4n) is 1.90. The molecule has 0 saturated carbocycles. The van der Waals surface area contributed by atoms with Crippen molar-refractivity contribution in [1.29, 1.82) is 0 Å². The van der Waals surface area contributed by atoms with Gasteiger partial charge in [-0.05, 0) is 19.4 Å². The standard InChI is InChI=1S/C13H19ClN4S/c1-4-10-6-11(18(5-2)16-10)9-19-13-15-8-12(7-14)17(13)3/h6,8H,4-5,7,9H2,1-3H3. The highest BCUT2D eigenvalue weighted by Gasteiger charge is 2.10. The maximum absolute atomic E-state index is 5.85. The second-order valence-electron chi connectivity index (χ2n) is 4.31. The van der Waals surface area contributed by atoms with E-state index < -0.39 is 0 Å². The van der Waals surface area contributed by atoms with Gasteiger partial charge in [-0.2, -0.15) is 5.10 Å². The highest BCUT2D eigenvalue weighted by Crippen LogP contribution is 2.23. The third-order valence-corrected chi connectivity index (χ3v) is 4.45. The van der Waals surface area contributed by atoms with Gasteiger partial charge in [-0.3, -0.25) is 4.68 Å². The number of aryl methyl sites for hydroxylation is 2. The van der Waals surface area contributed by atoms with Crippen LogP contribution in [0.4, 0.5) is 0 Å². The molecule has 2 heterocycles. The number of hydrogen-bond donors (Lipinski definition) is 0. The third kappa shape index (κ3) is 3.15. The van der Waals surface area contributed by atoms with Crippen molar-refractivity contribution in [3.8, 4) is 0 Å². The van der Waals surface area contributed by atoms with Crippen LogP contribution in [-0.2, 0) is 31.6 Å². The lowest BCUT2D eigenvalue weighted by atomic mass is 10.3. The molecule has 0 unspecified atom stereocenters. The van der Waals surface area contributed by atoms with Crippen molar-refractivity contribution in [1.82, 2.24) is 19.3 Å². The van der Waals surface area contributed by atoms with Gasteiger partial charge in [-0.15, -0.1) is 11.6 Å². The van der Waals surface area contributed by atoms with Gasteiger partial charge in [-0.1, -0.05) is 18.7 Å². The van der Waals surface area contributed by atoms with E-state index in [1.165, 1.54) is 5.69 Å². The minimum atomic E-state index is 0.497. The fraction of sp³-hybridized carbons (Fsp3) is 0.538. The second kappa shape index (κ2) is 6.48. The second-order valence-corrected chi connectivity index (χ2v) is 5.52. The van der Waals surface area contributed by atoms with E-state index in [4.69, 9.17) is 11.6 Å². The molecule has 0 bridgehead atoms. The van der Waals surface area contributed by atoms with Gasteiger partial charge in [0.25, 0.3) is 0 Å². The number of imidazole rings is 1. The van der Waals surface area contributed by atoms with Crippen molar-refractivity contribution in [2.24, 2.45) is 7.05 Å². The zero-order valence-corrected chi connectivity index (χ0v) is 13.1. The molecule has 0 aliphatic carbocycles. The molecule has 2 aromatic heterocycles. The molecule has 0 saturated heterocycles. The molecule has 0 aromatic carbocycles. The predicted octanol–water partition coefficient (Wildman–Crippen LogP) is 3.23. The number of rotatable bonds is 6. The van der Waals surface area contributed by atoms with Gasteiger partial charge < -0.3 is 4.57 Å². The number of thioether (sulfide) groups is 1. The Hall–Kier alpha value is -0.940. The Morgan fingerprint density at radius 2 is 2.11 bits per heavy atom. The van der Waals surface area contributed by atoms with Crippen LogP contribution in [0.25, 0.3) is 0 Å². The van der Waals surface area contributed by atoms with Crippen LogP contribution in [-0.4, -0.2) is 19.3 Å². The molecule has 2 aromatic rings. The first-order valence-electron chi connectivity index (χ1n) is 6.44. The Balaban J connectivity index is 2.09. The molecule has 0 radical (unpaired) electrons. The Morgan fingerprint density at radius 3 is 2.68 bits per heavy atom. The minimum absolute atomic E-state index is 0.497. The smallest absolute Gasteiger partial charge is 0.168 e. The largest absolute Gasteiger partial charge is 0.325 e. The van der Waals surface area contributed by atoms with Gasteiger partial charge in [0.05, 0.1) is 23.5 Å². The van der Waals surface area contributed by atoms with Crippen LogP contribution in [0, 0.1) is 0 Å². The molecular weight excluding hydrogens is 280 g/mol. The lowest BCUT2D eigenvalue weighted by Crippen LogP contribution is -2.02. The SMILES string of the molecule is CCc1cc(CSc2ncc(CCl)n2C)n(CC)n1. The van der Waals surface area contributed by atoms with E-state index in [2.05, 4.69) is 34.7 Å². The van der Waals surface area contributed by atoms with E-state index in [1.54, 1.807) is 11.8 Å². The van der Waals surface area contributed by atoms with Gasteiger partial charge in [-0.25, -0.2) is 4.98 Å². The minimum Gasteiger partial charge on any atom is -0.325 e. The van der Waals surface area contributed by atoms with Crippen molar-refractivity contribution in [2.75, 3.05) is 0 Å². The van der Waals surface area contributed by atoms with E-state index in [-0.39, 0.29) is 0 Å². The summed E-state index contributed by atoms with van der Waals surface area (Å²) in [5, 5.41) is 5.56. The fourth-order valence-corrected chi connectivity index (χ4v) is 3.10. The molecule has 0 atom stereocenters. The molecule has 0 amide bonds. The van der Waals surface area contributed by atoms with Gasteiger partial charge in [0.1, 0.15) is 0 Å². The summed E-state index contributed by atoms with van der Waals surface area (Å²) in [4.78, 5) is 4.40. The van der Waals surface area contributed by atoms with Gasteiger partial charge in [0.2, 0.25) is 0 Å². The molecule has 4 nitrogen and oxygen atoms in total. The molecular formula is C13H19ClN4S. The van der Waals surface area contributed by atoms with Crippen LogP contribution in [0.3, 0.4) is 0 Å². The first-order valence-corrected chi connectivity index (χ1v) is 7.96. The number of nitrogens with zero attached hydrogens (tertiary/aromatic N) is 4. The maximum Gasteiger partial charge on any atom is 0.168 e. The highest BCUT2D eigenvalue weighted by atomic mass is 35.5. The van der Waals surface area contributed by atoms with E-state index in [1.807, 2.05) is 17.8 Å². The number of hydrogen-bond acceptors (Lipinski definition) is 3. The van der Waals surface area contributed by atoms with Crippen molar-refractivity contribution in [3.63, 3.8) is 0 Å². The van der Waals surface area contributed by atoms with Crippen molar-refractivity contribution < 1.29 is 0 Å². The Labute approximate surface area is 123 Å². The molecule has 6 heteroatoms. The molecule has 2 rings (SSSR count). The van der Waals surface area contributed by atoms with E-state index in [0.717, 1.165) is 35.3 Å². The summed E-state index contributed by atoms with van der Waals surface area (Å²) < 4.78 is 4.11. The molecule has 104 valence electrons. The normalized spacial score (nSPS) is 11.2. The summed E-state index contributed by atoms with van der Waals surface area (Å²) in [5.74, 6) is 1.38. The summed E-state index contributed by atoms with van der Waals surface area (Å²) in [7, 11) is 2.00. The zero-order chi connectivity index (χ0) is 13.8. The topological polar surface area (TPSA) is 35.6 Å². The summed E-state index contributed by atoms with van der Waals surface area (Å²) in [6.45, 7) is 5.15. The highest BCUT2D eigenvalue weighted by molar-refractivity contribution is 7.98. The van der Waals surface area contributed by atoms with E-state index >= 15 is 0 Å². The van der Waals surface area contributed by atoms with Crippen LogP contribution in [0.5, 0.6) is 0 Å². The molecule has 0 aliphatic heterocycles. The third-order valence-electron chi connectivity index (χ3n) is 3.10. The zero-order valence-electron chi connectivity index (χ0n) is 11.6. The Bertz CT molecular complexity index is 547. The number of alkyl halides is 1. The maximum atomic E-state index is 5.85. The summed E-state index contributed by atoms with van der Waals surface area (Å²) in [6, 6.07) is 2.18. The Morgan fingerprint density at radius 1 is 1.32 bits per heavy atom. The van der Waals surface area contributed by atoms with E-state index in [9.17, 15) is 0 Å². The lowest BCUT2D eigenvalue weighted by molar-refractivity contribution is 0.627. The van der Waals surface area contributed by atoms with Gasteiger partial charge >= 0.3 is 0 Å². The molecule has 19 heavy (non-hydrogen) atoms. The molecule has 0 N–H and O–H groups in total. The van der Waals surface area contributed by atoms with Crippen molar-refractivity contribution in [3.05, 3.63) is 29.3 Å². The average molecular weight is 299 g/mol.